The summed E-state index contributed by atoms with van der Waals surface area (Å²) in [5.74, 6) is -0.564. The van der Waals surface area contributed by atoms with Crippen molar-refractivity contribution >= 4 is 12.1 Å². The molecule has 0 radical (unpaired) electrons. The number of primary amides is 1. The SMILES string of the molecule is NC(=O)C1C=NN2CCCNC12. The molecule has 0 spiro atoms. The molecule has 2 heterocycles. The maximum absolute atomic E-state index is 10.9. The number of nitrogens with one attached hydrogen (secondary N) is 1. The van der Waals surface area contributed by atoms with Crippen LogP contribution in [0.1, 0.15) is 6.42 Å². The molecular formula is C7H12N4O. The van der Waals surface area contributed by atoms with Crippen molar-refractivity contribution in [2.45, 2.75) is 12.6 Å². The molecule has 5 nitrogen and oxygen atoms in total. The second-order valence-electron chi connectivity index (χ2n) is 3.11. The van der Waals surface area contributed by atoms with Gasteiger partial charge in [0.2, 0.25) is 5.91 Å². The Bertz CT molecular complexity index is 227. The summed E-state index contributed by atoms with van der Waals surface area (Å²) in [6.07, 6.45) is 2.71. The van der Waals surface area contributed by atoms with E-state index in [1.54, 1.807) is 6.21 Å². The van der Waals surface area contributed by atoms with Crippen LogP contribution in [0.5, 0.6) is 0 Å². The Hall–Kier alpha value is -1.10. The molecule has 2 unspecified atom stereocenters. The number of nitrogens with zero attached hydrogens (tertiary/aromatic N) is 2. The van der Waals surface area contributed by atoms with Crippen LogP contribution in [0.4, 0.5) is 0 Å². The zero-order valence-corrected chi connectivity index (χ0v) is 6.73. The molecule has 2 aliphatic heterocycles. The predicted molar refractivity (Wildman–Crippen MR) is 44.3 cm³/mol. The Kier molecular flexibility index (Phi) is 1.73. The van der Waals surface area contributed by atoms with Gasteiger partial charge in [0.25, 0.3) is 0 Å². The second kappa shape index (κ2) is 2.75. The van der Waals surface area contributed by atoms with Crippen molar-refractivity contribution < 1.29 is 4.79 Å². The number of nitrogens with two attached hydrogens (primary N) is 1. The lowest BCUT2D eigenvalue weighted by atomic mass is 10.1. The number of rotatable bonds is 1. The molecule has 0 saturated carbocycles. The van der Waals surface area contributed by atoms with Crippen LogP contribution in [0.25, 0.3) is 0 Å². The van der Waals surface area contributed by atoms with Gasteiger partial charge in [-0.15, -0.1) is 0 Å². The van der Waals surface area contributed by atoms with E-state index in [-0.39, 0.29) is 18.0 Å². The minimum Gasteiger partial charge on any atom is -0.369 e. The van der Waals surface area contributed by atoms with Crippen molar-refractivity contribution in [3.05, 3.63) is 0 Å². The Balaban J connectivity index is 2.10. The van der Waals surface area contributed by atoms with Crippen LogP contribution in [0, 0.1) is 5.92 Å². The lowest BCUT2D eigenvalue weighted by Crippen LogP contribution is -2.52. The first-order valence-electron chi connectivity index (χ1n) is 4.12. The van der Waals surface area contributed by atoms with Crippen LogP contribution in [0.3, 0.4) is 0 Å². The fourth-order valence-electron chi connectivity index (χ4n) is 1.65. The number of hydrazone groups is 1. The van der Waals surface area contributed by atoms with Crippen LogP contribution >= 0.6 is 0 Å². The number of hydrogen-bond donors (Lipinski definition) is 2. The first-order valence-corrected chi connectivity index (χ1v) is 4.12. The summed E-state index contributed by atoms with van der Waals surface area (Å²) in [6, 6.07) is 0. The summed E-state index contributed by atoms with van der Waals surface area (Å²) < 4.78 is 0. The quantitative estimate of drug-likeness (QED) is 0.511. The number of carbonyl (C=O) groups excluding carboxylic acids is 1. The molecule has 0 aromatic heterocycles. The lowest BCUT2D eigenvalue weighted by Gasteiger charge is -2.31. The van der Waals surface area contributed by atoms with E-state index in [2.05, 4.69) is 10.4 Å². The molecule has 5 heteroatoms. The third-order valence-corrected chi connectivity index (χ3v) is 2.28. The third kappa shape index (κ3) is 1.06. The first kappa shape index (κ1) is 7.54. The van der Waals surface area contributed by atoms with Gasteiger partial charge < -0.3 is 5.73 Å². The minimum atomic E-state index is -0.305. The van der Waals surface area contributed by atoms with Crippen LogP contribution in [-0.4, -0.2) is 36.4 Å². The van der Waals surface area contributed by atoms with E-state index in [1.807, 2.05) is 5.01 Å². The Morgan fingerprint density at radius 1 is 1.75 bits per heavy atom. The van der Waals surface area contributed by atoms with Gasteiger partial charge in [0.1, 0.15) is 12.1 Å². The highest BCUT2D eigenvalue weighted by Gasteiger charge is 2.35. The van der Waals surface area contributed by atoms with Gasteiger partial charge in [-0.3, -0.25) is 15.1 Å². The number of carbonyl (C=O) groups is 1. The highest BCUT2D eigenvalue weighted by molar-refractivity contribution is 5.94. The maximum atomic E-state index is 10.9. The Labute approximate surface area is 70.6 Å². The first-order chi connectivity index (χ1) is 5.79. The molecule has 0 bridgehead atoms. The topological polar surface area (TPSA) is 70.7 Å². The summed E-state index contributed by atoms with van der Waals surface area (Å²) in [4.78, 5) is 10.9. The molecule has 1 saturated heterocycles. The fraction of sp³-hybridized carbons (Fsp3) is 0.714. The molecule has 2 aliphatic rings. The average molecular weight is 168 g/mol. The van der Waals surface area contributed by atoms with Gasteiger partial charge >= 0.3 is 0 Å². The summed E-state index contributed by atoms with van der Waals surface area (Å²) >= 11 is 0. The van der Waals surface area contributed by atoms with Crippen molar-refractivity contribution in [1.29, 1.82) is 0 Å². The second-order valence-corrected chi connectivity index (χ2v) is 3.11. The van der Waals surface area contributed by atoms with Crippen LogP contribution in [0.2, 0.25) is 0 Å². The zero-order chi connectivity index (χ0) is 8.55. The van der Waals surface area contributed by atoms with Gasteiger partial charge in [0.15, 0.2) is 0 Å². The van der Waals surface area contributed by atoms with Gasteiger partial charge in [-0.1, -0.05) is 0 Å². The molecule has 0 aromatic rings. The van der Waals surface area contributed by atoms with E-state index in [1.165, 1.54) is 0 Å². The monoisotopic (exact) mass is 168 g/mol. The Morgan fingerprint density at radius 2 is 2.58 bits per heavy atom. The molecular weight excluding hydrogens is 156 g/mol. The summed E-state index contributed by atoms with van der Waals surface area (Å²) in [7, 11) is 0. The number of hydrogen-bond acceptors (Lipinski definition) is 4. The summed E-state index contributed by atoms with van der Waals surface area (Å²) in [5.41, 5.74) is 5.21. The predicted octanol–water partition coefficient (Wildman–Crippen LogP) is -1.29. The smallest absolute Gasteiger partial charge is 0.229 e. The van der Waals surface area contributed by atoms with Crippen LogP contribution < -0.4 is 11.1 Å². The van der Waals surface area contributed by atoms with E-state index in [9.17, 15) is 4.79 Å². The molecule has 12 heavy (non-hydrogen) atoms. The van der Waals surface area contributed by atoms with Crippen molar-refractivity contribution in [1.82, 2.24) is 10.3 Å². The summed E-state index contributed by atoms with van der Waals surface area (Å²) in [5, 5.41) is 9.21. The molecule has 3 N–H and O–H groups in total. The molecule has 2 rings (SSSR count). The van der Waals surface area contributed by atoms with Gasteiger partial charge in [-0.05, 0) is 13.0 Å². The molecule has 1 amide bonds. The van der Waals surface area contributed by atoms with Gasteiger partial charge in [-0.2, -0.15) is 5.10 Å². The highest BCUT2D eigenvalue weighted by atomic mass is 16.1. The van der Waals surface area contributed by atoms with Gasteiger partial charge in [0.05, 0.1) is 0 Å². The van der Waals surface area contributed by atoms with Crippen molar-refractivity contribution in [2.24, 2.45) is 16.8 Å². The van der Waals surface area contributed by atoms with E-state index >= 15 is 0 Å². The van der Waals surface area contributed by atoms with Gasteiger partial charge in [-0.25, -0.2) is 0 Å². The van der Waals surface area contributed by atoms with E-state index in [0.717, 1.165) is 19.5 Å². The molecule has 2 atom stereocenters. The molecule has 0 aliphatic carbocycles. The zero-order valence-electron chi connectivity index (χ0n) is 6.73. The van der Waals surface area contributed by atoms with Crippen LogP contribution in [-0.2, 0) is 4.79 Å². The highest BCUT2D eigenvalue weighted by Crippen LogP contribution is 2.17. The average Bonchev–Trinajstić information content (AvgIpc) is 2.47. The van der Waals surface area contributed by atoms with Crippen molar-refractivity contribution in [3.8, 4) is 0 Å². The van der Waals surface area contributed by atoms with E-state index < -0.39 is 0 Å². The molecule has 0 aromatic carbocycles. The van der Waals surface area contributed by atoms with E-state index in [4.69, 9.17) is 5.73 Å². The number of amides is 1. The maximum Gasteiger partial charge on any atom is 0.229 e. The normalized spacial score (nSPS) is 33.5. The summed E-state index contributed by atoms with van der Waals surface area (Å²) in [6.45, 7) is 1.85. The van der Waals surface area contributed by atoms with E-state index in [0.29, 0.717) is 0 Å². The van der Waals surface area contributed by atoms with Gasteiger partial charge in [0, 0.05) is 12.8 Å². The molecule has 1 fully saturated rings. The largest absolute Gasteiger partial charge is 0.369 e. The molecule has 66 valence electrons. The van der Waals surface area contributed by atoms with Crippen LogP contribution in [0.15, 0.2) is 5.10 Å². The van der Waals surface area contributed by atoms with Crippen molar-refractivity contribution in [2.75, 3.05) is 13.1 Å². The standard InChI is InChI=1S/C7H12N4O/c8-6(12)5-4-10-11-3-1-2-9-7(5)11/h4-5,7,9H,1-3H2,(H2,8,12). The third-order valence-electron chi connectivity index (χ3n) is 2.28. The fourth-order valence-corrected chi connectivity index (χ4v) is 1.65. The number of fused-ring (bicyclic) bond motifs is 1. The lowest BCUT2D eigenvalue weighted by molar-refractivity contribution is -0.121. The minimum absolute atomic E-state index is 0.0104. The van der Waals surface area contributed by atoms with Crippen molar-refractivity contribution in [3.63, 3.8) is 0 Å². The Morgan fingerprint density at radius 3 is 3.33 bits per heavy atom.